The predicted octanol–water partition coefficient (Wildman–Crippen LogP) is 0.575. The second-order valence-corrected chi connectivity index (χ2v) is 4.57. The van der Waals surface area contributed by atoms with Crippen LogP contribution in [0, 0.1) is 0 Å². The third-order valence-corrected chi connectivity index (χ3v) is 3.46. The fourth-order valence-electron chi connectivity index (χ4n) is 1.94. The largest absolute Gasteiger partial charge is 0.342 e. The number of amides is 4. The van der Waals surface area contributed by atoms with Gasteiger partial charge in [-0.15, -0.1) is 0 Å². The quantitative estimate of drug-likeness (QED) is 0.730. The monoisotopic (exact) mass is 255 g/mol. The number of imide groups is 1. The van der Waals surface area contributed by atoms with E-state index in [4.69, 9.17) is 0 Å². The van der Waals surface area contributed by atoms with E-state index in [1.807, 2.05) is 20.8 Å². The van der Waals surface area contributed by atoms with Crippen LogP contribution in [-0.2, 0) is 9.59 Å². The Labute approximate surface area is 107 Å². The summed E-state index contributed by atoms with van der Waals surface area (Å²) in [6.07, 6.45) is 0.507. The molecule has 18 heavy (non-hydrogen) atoms. The normalized spacial score (nSPS) is 23.2. The lowest BCUT2D eigenvalue weighted by Gasteiger charge is -2.22. The Balaban J connectivity index is 2.77. The minimum absolute atomic E-state index is 0.179. The lowest BCUT2D eigenvalue weighted by Crippen LogP contribution is -2.45. The van der Waals surface area contributed by atoms with Crippen molar-refractivity contribution < 1.29 is 14.4 Å². The van der Waals surface area contributed by atoms with Crippen molar-refractivity contribution in [2.24, 2.45) is 0 Å². The smallest absolute Gasteiger partial charge is 0.325 e. The zero-order valence-electron chi connectivity index (χ0n) is 11.4. The fourth-order valence-corrected chi connectivity index (χ4v) is 1.94. The van der Waals surface area contributed by atoms with Crippen molar-refractivity contribution in [2.75, 3.05) is 19.6 Å². The molecule has 0 aromatic rings. The molecule has 6 nitrogen and oxygen atoms in total. The van der Waals surface area contributed by atoms with Crippen molar-refractivity contribution in [3.05, 3.63) is 0 Å². The first kappa shape index (κ1) is 14.5. The molecule has 1 N–H and O–H groups in total. The van der Waals surface area contributed by atoms with Crippen LogP contribution in [0.1, 0.15) is 34.1 Å². The molecule has 0 aromatic heterocycles. The average Bonchev–Trinajstić information content (AvgIpc) is 2.55. The maximum absolute atomic E-state index is 12.1. The highest BCUT2D eigenvalue weighted by Crippen LogP contribution is 2.20. The van der Waals surface area contributed by atoms with Gasteiger partial charge in [-0.05, 0) is 27.2 Å². The van der Waals surface area contributed by atoms with E-state index < -0.39 is 11.6 Å². The summed E-state index contributed by atoms with van der Waals surface area (Å²) >= 11 is 0. The number of hydrogen-bond acceptors (Lipinski definition) is 3. The SMILES string of the molecule is CCN(CC)C(=O)CN1C(=O)NC(C)(CC)C1=O. The van der Waals surface area contributed by atoms with E-state index in [1.54, 1.807) is 11.8 Å². The fraction of sp³-hybridized carbons (Fsp3) is 0.750. The average molecular weight is 255 g/mol. The van der Waals surface area contributed by atoms with Crippen LogP contribution in [0.3, 0.4) is 0 Å². The Bertz CT molecular complexity index is 366. The topological polar surface area (TPSA) is 69.7 Å². The van der Waals surface area contributed by atoms with Crippen molar-refractivity contribution in [1.82, 2.24) is 15.1 Å². The van der Waals surface area contributed by atoms with Gasteiger partial charge in [0.15, 0.2) is 0 Å². The summed E-state index contributed by atoms with van der Waals surface area (Å²) < 4.78 is 0. The van der Waals surface area contributed by atoms with Crippen molar-refractivity contribution in [3.63, 3.8) is 0 Å². The molecule has 1 rings (SSSR count). The summed E-state index contributed by atoms with van der Waals surface area (Å²) in [5.41, 5.74) is -0.874. The van der Waals surface area contributed by atoms with E-state index in [9.17, 15) is 14.4 Å². The Hall–Kier alpha value is -1.59. The van der Waals surface area contributed by atoms with Gasteiger partial charge in [0.1, 0.15) is 12.1 Å². The molecule has 0 radical (unpaired) electrons. The van der Waals surface area contributed by atoms with Gasteiger partial charge in [0.05, 0.1) is 0 Å². The minimum atomic E-state index is -0.874. The molecule has 1 atom stereocenters. The maximum Gasteiger partial charge on any atom is 0.325 e. The van der Waals surface area contributed by atoms with Crippen LogP contribution in [-0.4, -0.2) is 52.8 Å². The first-order chi connectivity index (χ1) is 8.39. The van der Waals surface area contributed by atoms with Gasteiger partial charge in [0, 0.05) is 13.1 Å². The molecule has 1 fully saturated rings. The van der Waals surface area contributed by atoms with Gasteiger partial charge in [0.25, 0.3) is 5.91 Å². The lowest BCUT2D eigenvalue weighted by molar-refractivity contribution is -0.138. The molecular formula is C12H21N3O3. The first-order valence-corrected chi connectivity index (χ1v) is 6.31. The van der Waals surface area contributed by atoms with Crippen LogP contribution in [0.4, 0.5) is 4.79 Å². The summed E-state index contributed by atoms with van der Waals surface area (Å²) in [7, 11) is 0. The molecule has 1 heterocycles. The highest BCUT2D eigenvalue weighted by atomic mass is 16.2. The van der Waals surface area contributed by atoms with Crippen molar-refractivity contribution in [2.45, 2.75) is 39.7 Å². The maximum atomic E-state index is 12.1. The van der Waals surface area contributed by atoms with Crippen LogP contribution >= 0.6 is 0 Å². The molecule has 4 amide bonds. The van der Waals surface area contributed by atoms with E-state index in [0.29, 0.717) is 19.5 Å². The Kier molecular flexibility index (Phi) is 4.32. The minimum Gasteiger partial charge on any atom is -0.342 e. The van der Waals surface area contributed by atoms with Crippen LogP contribution < -0.4 is 5.32 Å². The molecule has 0 spiro atoms. The second kappa shape index (κ2) is 5.37. The number of likely N-dealkylation sites (N-methyl/N-ethyl adjacent to an activating group) is 1. The zero-order chi connectivity index (χ0) is 13.9. The molecule has 1 saturated heterocycles. The highest BCUT2D eigenvalue weighted by molar-refractivity contribution is 6.08. The molecule has 102 valence electrons. The molecule has 6 heteroatoms. The standard InChI is InChI=1S/C12H21N3O3/c1-5-12(4)10(17)15(11(18)13-12)8-9(16)14(6-2)7-3/h5-8H2,1-4H3,(H,13,18). The summed E-state index contributed by atoms with van der Waals surface area (Å²) in [6.45, 7) is 8.20. The third-order valence-electron chi connectivity index (χ3n) is 3.46. The molecule has 0 aromatic carbocycles. The van der Waals surface area contributed by atoms with Crippen molar-refractivity contribution in [3.8, 4) is 0 Å². The Morgan fingerprint density at radius 2 is 1.83 bits per heavy atom. The molecule has 1 unspecified atom stereocenters. The van der Waals surface area contributed by atoms with Crippen molar-refractivity contribution in [1.29, 1.82) is 0 Å². The van der Waals surface area contributed by atoms with Gasteiger partial charge in [-0.25, -0.2) is 4.79 Å². The van der Waals surface area contributed by atoms with Gasteiger partial charge in [-0.1, -0.05) is 6.92 Å². The molecule has 0 aliphatic carbocycles. The highest BCUT2D eigenvalue weighted by Gasteiger charge is 2.47. The number of carbonyl (C=O) groups excluding carboxylic acids is 3. The number of nitrogens with one attached hydrogen (secondary N) is 1. The number of carbonyl (C=O) groups is 3. The number of hydrogen-bond donors (Lipinski definition) is 1. The molecule has 0 saturated carbocycles. The second-order valence-electron chi connectivity index (χ2n) is 4.57. The van der Waals surface area contributed by atoms with Crippen LogP contribution in [0.5, 0.6) is 0 Å². The van der Waals surface area contributed by atoms with E-state index in [0.717, 1.165) is 4.90 Å². The van der Waals surface area contributed by atoms with Gasteiger partial charge < -0.3 is 10.2 Å². The van der Waals surface area contributed by atoms with E-state index >= 15 is 0 Å². The molecule has 1 aliphatic rings. The predicted molar refractivity (Wildman–Crippen MR) is 66.9 cm³/mol. The van der Waals surface area contributed by atoms with Gasteiger partial charge >= 0.3 is 6.03 Å². The third kappa shape index (κ3) is 2.47. The van der Waals surface area contributed by atoms with Gasteiger partial charge in [0.2, 0.25) is 5.91 Å². The van der Waals surface area contributed by atoms with Crippen LogP contribution in [0.25, 0.3) is 0 Å². The zero-order valence-corrected chi connectivity index (χ0v) is 11.4. The van der Waals surface area contributed by atoms with Crippen LogP contribution in [0.15, 0.2) is 0 Å². The van der Waals surface area contributed by atoms with Gasteiger partial charge in [-0.3, -0.25) is 14.5 Å². The van der Waals surface area contributed by atoms with Crippen LogP contribution in [0.2, 0.25) is 0 Å². The summed E-state index contributed by atoms with van der Waals surface area (Å²) in [6, 6.07) is -0.482. The Morgan fingerprint density at radius 3 is 2.22 bits per heavy atom. The number of urea groups is 1. The van der Waals surface area contributed by atoms with E-state index in [2.05, 4.69) is 5.32 Å². The molecule has 1 aliphatic heterocycles. The first-order valence-electron chi connectivity index (χ1n) is 6.31. The Morgan fingerprint density at radius 1 is 1.28 bits per heavy atom. The van der Waals surface area contributed by atoms with Crippen molar-refractivity contribution >= 4 is 17.8 Å². The number of rotatable bonds is 5. The summed E-state index contributed by atoms with van der Waals surface area (Å²) in [4.78, 5) is 38.3. The van der Waals surface area contributed by atoms with E-state index in [1.165, 1.54) is 0 Å². The summed E-state index contributed by atoms with van der Waals surface area (Å²) in [5, 5.41) is 2.63. The molecule has 0 bridgehead atoms. The van der Waals surface area contributed by atoms with E-state index in [-0.39, 0.29) is 18.4 Å². The summed E-state index contributed by atoms with van der Waals surface area (Å²) in [5.74, 6) is -0.528. The number of nitrogens with zero attached hydrogens (tertiary/aromatic N) is 2. The van der Waals surface area contributed by atoms with Gasteiger partial charge in [-0.2, -0.15) is 0 Å². The lowest BCUT2D eigenvalue weighted by atomic mass is 9.99. The molecular weight excluding hydrogens is 234 g/mol.